The Morgan fingerprint density at radius 1 is 1.37 bits per heavy atom. The molecule has 0 radical (unpaired) electrons. The highest BCUT2D eigenvalue weighted by Crippen LogP contribution is 2.40. The molecule has 2 amide bonds. The maximum absolute atomic E-state index is 12.7. The molecule has 0 aromatic carbocycles. The Labute approximate surface area is 160 Å². The van der Waals surface area contributed by atoms with Gasteiger partial charge < -0.3 is 15.2 Å². The molecule has 2 N–H and O–H groups in total. The fourth-order valence-electron chi connectivity index (χ4n) is 3.14. The molecule has 0 aliphatic heterocycles. The topological polar surface area (TPSA) is 91.0 Å². The van der Waals surface area contributed by atoms with Crippen LogP contribution in [0.25, 0.3) is 10.2 Å². The smallest absolute Gasteiger partial charge is 0.318 e. The summed E-state index contributed by atoms with van der Waals surface area (Å²) in [5.74, 6) is 0.900. The van der Waals surface area contributed by atoms with Gasteiger partial charge in [-0.05, 0) is 49.3 Å². The van der Waals surface area contributed by atoms with Crippen molar-refractivity contribution in [3.05, 3.63) is 57.2 Å². The summed E-state index contributed by atoms with van der Waals surface area (Å²) in [7, 11) is 1.70. The third-order valence-electron chi connectivity index (χ3n) is 4.70. The number of fused-ring (bicyclic) bond motifs is 1. The quantitative estimate of drug-likeness (QED) is 0.709. The van der Waals surface area contributed by atoms with E-state index < -0.39 is 0 Å². The Balaban J connectivity index is 1.48. The molecule has 1 saturated carbocycles. The summed E-state index contributed by atoms with van der Waals surface area (Å²) in [6.07, 6.45) is 2.18. The molecule has 7 nitrogen and oxygen atoms in total. The highest BCUT2D eigenvalue weighted by Gasteiger charge is 2.35. The maximum atomic E-state index is 12.7. The van der Waals surface area contributed by atoms with Gasteiger partial charge in [0.2, 0.25) is 0 Å². The molecule has 3 heterocycles. The first-order valence-electron chi connectivity index (χ1n) is 8.93. The number of amides is 2. The van der Waals surface area contributed by atoms with E-state index in [1.807, 2.05) is 36.6 Å². The van der Waals surface area contributed by atoms with Crippen LogP contribution in [0.1, 0.15) is 36.1 Å². The number of rotatable bonds is 5. The predicted octanol–water partition coefficient (Wildman–Crippen LogP) is 2.98. The van der Waals surface area contributed by atoms with Gasteiger partial charge >= 0.3 is 6.03 Å². The number of aromatic amines is 1. The highest BCUT2D eigenvalue weighted by molar-refractivity contribution is 7.17. The first-order valence-corrected chi connectivity index (χ1v) is 9.81. The number of aryl methyl sites for hydroxylation is 1. The van der Waals surface area contributed by atoms with E-state index in [-0.39, 0.29) is 24.2 Å². The summed E-state index contributed by atoms with van der Waals surface area (Å²) in [4.78, 5) is 38.1. The van der Waals surface area contributed by atoms with E-state index in [9.17, 15) is 9.59 Å². The molecular weight excluding hydrogens is 362 g/mol. The average molecular weight is 383 g/mol. The van der Waals surface area contributed by atoms with Gasteiger partial charge in [-0.3, -0.25) is 9.78 Å². The van der Waals surface area contributed by atoms with Crippen molar-refractivity contribution in [2.24, 2.45) is 5.92 Å². The second-order valence-corrected chi connectivity index (χ2v) is 7.89. The number of aromatic nitrogens is 3. The average Bonchev–Trinajstić information content (AvgIpc) is 3.36. The summed E-state index contributed by atoms with van der Waals surface area (Å²) in [5, 5.41) is 4.93. The molecule has 0 spiro atoms. The standard InChI is InChI=1S/C19H21N5O2S/c1-11-4-3-5-13(20-11)16(12-6-7-12)23-19(26)24(2)10-15-21-14-8-9-27-17(14)18(25)22-15/h3-5,8-9,12,16H,6-7,10H2,1-2H3,(H,23,26)(H,21,22,25)/t16-/m0/s1. The van der Waals surface area contributed by atoms with E-state index in [1.54, 1.807) is 7.05 Å². The van der Waals surface area contributed by atoms with Gasteiger partial charge in [0.25, 0.3) is 5.56 Å². The molecule has 3 aromatic heterocycles. The number of nitrogens with zero attached hydrogens (tertiary/aromatic N) is 3. The van der Waals surface area contributed by atoms with E-state index in [2.05, 4.69) is 20.3 Å². The van der Waals surface area contributed by atoms with Gasteiger partial charge in [-0.2, -0.15) is 0 Å². The summed E-state index contributed by atoms with van der Waals surface area (Å²) in [6.45, 7) is 2.18. The van der Waals surface area contributed by atoms with Crippen LogP contribution in [-0.2, 0) is 6.54 Å². The fourth-order valence-corrected chi connectivity index (χ4v) is 3.86. The molecule has 27 heavy (non-hydrogen) atoms. The number of thiophene rings is 1. The Hall–Kier alpha value is -2.74. The lowest BCUT2D eigenvalue weighted by molar-refractivity contribution is 0.199. The highest BCUT2D eigenvalue weighted by atomic mass is 32.1. The largest absolute Gasteiger partial charge is 0.329 e. The van der Waals surface area contributed by atoms with Gasteiger partial charge in [0, 0.05) is 12.7 Å². The number of carbonyl (C=O) groups excluding carboxylic acids is 1. The molecule has 4 rings (SSSR count). The number of H-pyrrole nitrogens is 1. The molecular formula is C19H21N5O2S. The minimum Gasteiger partial charge on any atom is -0.329 e. The van der Waals surface area contributed by atoms with Gasteiger partial charge in [-0.25, -0.2) is 9.78 Å². The molecule has 8 heteroatoms. The van der Waals surface area contributed by atoms with Crippen molar-refractivity contribution in [1.29, 1.82) is 0 Å². The lowest BCUT2D eigenvalue weighted by atomic mass is 10.1. The SMILES string of the molecule is Cc1cccc([C@@H](NC(=O)N(C)Cc2nc3ccsc3c(=O)[nH]2)C2CC2)n1. The summed E-state index contributed by atoms with van der Waals surface area (Å²) in [5.41, 5.74) is 2.32. The number of hydrogen-bond donors (Lipinski definition) is 2. The van der Waals surface area contributed by atoms with Crippen LogP contribution in [0.4, 0.5) is 4.79 Å². The molecule has 0 unspecified atom stereocenters. The van der Waals surface area contributed by atoms with Crippen LogP contribution in [0, 0.1) is 12.8 Å². The van der Waals surface area contributed by atoms with Crippen molar-refractivity contribution in [2.75, 3.05) is 7.05 Å². The monoisotopic (exact) mass is 383 g/mol. The number of hydrogen-bond acceptors (Lipinski definition) is 5. The third-order valence-corrected chi connectivity index (χ3v) is 5.60. The fraction of sp³-hybridized carbons (Fsp3) is 0.368. The predicted molar refractivity (Wildman–Crippen MR) is 105 cm³/mol. The number of pyridine rings is 1. The van der Waals surface area contributed by atoms with Crippen LogP contribution < -0.4 is 10.9 Å². The van der Waals surface area contributed by atoms with E-state index in [1.165, 1.54) is 16.2 Å². The second-order valence-electron chi connectivity index (χ2n) is 6.97. The van der Waals surface area contributed by atoms with Crippen LogP contribution in [0.5, 0.6) is 0 Å². The minimum absolute atomic E-state index is 0.0915. The molecule has 1 aliphatic carbocycles. The van der Waals surface area contributed by atoms with Crippen molar-refractivity contribution >= 4 is 27.6 Å². The van der Waals surface area contributed by atoms with Crippen LogP contribution in [0.2, 0.25) is 0 Å². The first kappa shape index (κ1) is 17.7. The molecule has 0 bridgehead atoms. The molecule has 3 aromatic rings. The number of nitrogens with one attached hydrogen (secondary N) is 2. The van der Waals surface area contributed by atoms with E-state index in [0.29, 0.717) is 22.0 Å². The summed E-state index contributed by atoms with van der Waals surface area (Å²) >= 11 is 1.36. The molecule has 0 saturated heterocycles. The van der Waals surface area contributed by atoms with Crippen molar-refractivity contribution in [1.82, 2.24) is 25.2 Å². The van der Waals surface area contributed by atoms with E-state index in [0.717, 1.165) is 24.2 Å². The molecule has 1 atom stereocenters. The van der Waals surface area contributed by atoms with E-state index in [4.69, 9.17) is 0 Å². The summed E-state index contributed by atoms with van der Waals surface area (Å²) in [6, 6.07) is 7.39. The Bertz CT molecular complexity index is 1040. The molecule has 1 aliphatic rings. The van der Waals surface area contributed by atoms with Crippen LogP contribution in [-0.4, -0.2) is 32.9 Å². The maximum Gasteiger partial charge on any atom is 0.318 e. The zero-order valence-electron chi connectivity index (χ0n) is 15.2. The zero-order valence-corrected chi connectivity index (χ0v) is 16.0. The van der Waals surface area contributed by atoms with Gasteiger partial charge in [-0.15, -0.1) is 11.3 Å². The number of urea groups is 1. The van der Waals surface area contributed by atoms with Crippen LogP contribution in [0.15, 0.2) is 34.4 Å². The van der Waals surface area contributed by atoms with Crippen molar-refractivity contribution < 1.29 is 4.79 Å². The van der Waals surface area contributed by atoms with Crippen molar-refractivity contribution in [3.63, 3.8) is 0 Å². The lowest BCUT2D eigenvalue weighted by Crippen LogP contribution is -2.40. The van der Waals surface area contributed by atoms with E-state index >= 15 is 0 Å². The summed E-state index contributed by atoms with van der Waals surface area (Å²) < 4.78 is 0.602. The van der Waals surface area contributed by atoms with Gasteiger partial charge in [0.15, 0.2) is 0 Å². The number of carbonyl (C=O) groups is 1. The van der Waals surface area contributed by atoms with Gasteiger partial charge in [-0.1, -0.05) is 6.07 Å². The van der Waals surface area contributed by atoms with Gasteiger partial charge in [0.1, 0.15) is 10.5 Å². The Morgan fingerprint density at radius 3 is 2.93 bits per heavy atom. The van der Waals surface area contributed by atoms with Crippen LogP contribution >= 0.6 is 11.3 Å². The van der Waals surface area contributed by atoms with Crippen LogP contribution in [0.3, 0.4) is 0 Å². The van der Waals surface area contributed by atoms with Crippen molar-refractivity contribution in [2.45, 2.75) is 32.4 Å². The zero-order chi connectivity index (χ0) is 19.0. The third kappa shape index (κ3) is 3.85. The molecule has 140 valence electrons. The normalized spacial score (nSPS) is 14.9. The first-order chi connectivity index (χ1) is 13.0. The Morgan fingerprint density at radius 2 is 2.19 bits per heavy atom. The van der Waals surface area contributed by atoms with Crippen molar-refractivity contribution in [3.8, 4) is 0 Å². The Kier molecular flexibility index (Phi) is 4.65. The lowest BCUT2D eigenvalue weighted by Gasteiger charge is -2.23. The second kappa shape index (κ2) is 7.11. The minimum atomic E-state index is -0.205. The van der Waals surface area contributed by atoms with Gasteiger partial charge in [0.05, 0.1) is 23.8 Å². The molecule has 1 fully saturated rings.